The molecule has 32 heavy (non-hydrogen) atoms. The second-order valence-corrected chi connectivity index (χ2v) is 8.84. The van der Waals surface area contributed by atoms with Gasteiger partial charge < -0.3 is 0 Å². The number of hydrogen-bond donors (Lipinski definition) is 1. The van der Waals surface area contributed by atoms with Crippen molar-refractivity contribution in [1.82, 2.24) is 40.0 Å². The first-order valence-electron chi connectivity index (χ1n) is 11.2. The maximum absolute atomic E-state index is 4.71. The largest absolute Gasteiger partial charge is 0.296 e. The monoisotopic (exact) mass is 428 g/mol. The molecule has 4 aromatic heterocycles. The minimum absolute atomic E-state index is 0.326. The molecule has 0 radical (unpaired) electrons. The third-order valence-corrected chi connectivity index (χ3v) is 6.26. The van der Waals surface area contributed by atoms with Gasteiger partial charge in [0, 0.05) is 35.0 Å². The molecule has 0 aromatic carbocycles. The van der Waals surface area contributed by atoms with Gasteiger partial charge in [0.05, 0.1) is 23.6 Å². The van der Waals surface area contributed by atoms with Crippen LogP contribution in [0.1, 0.15) is 61.4 Å². The van der Waals surface area contributed by atoms with Crippen molar-refractivity contribution in [1.29, 1.82) is 0 Å². The number of aromatic nitrogens is 7. The number of fused-ring (bicyclic) bond motifs is 1. The molecule has 8 heteroatoms. The van der Waals surface area contributed by atoms with Gasteiger partial charge in [-0.3, -0.25) is 10.00 Å². The van der Waals surface area contributed by atoms with Crippen molar-refractivity contribution >= 4 is 11.0 Å². The van der Waals surface area contributed by atoms with E-state index in [1.165, 1.54) is 5.69 Å². The summed E-state index contributed by atoms with van der Waals surface area (Å²) in [5, 5.41) is 8.88. The van der Waals surface area contributed by atoms with E-state index in [2.05, 4.69) is 54.9 Å². The zero-order valence-corrected chi connectivity index (χ0v) is 18.8. The van der Waals surface area contributed by atoms with Crippen molar-refractivity contribution in [3.8, 4) is 11.3 Å². The topological polar surface area (TPSA) is 96.4 Å². The van der Waals surface area contributed by atoms with Gasteiger partial charge in [-0.25, -0.2) is 24.9 Å². The summed E-state index contributed by atoms with van der Waals surface area (Å²) in [7, 11) is 0. The predicted molar refractivity (Wildman–Crippen MR) is 123 cm³/mol. The molecule has 5 heterocycles. The summed E-state index contributed by atoms with van der Waals surface area (Å²) >= 11 is 0. The number of likely N-dealkylation sites (tertiary alicyclic amines) is 1. The van der Waals surface area contributed by atoms with Crippen LogP contribution in [0.15, 0.2) is 36.9 Å². The molecule has 1 aliphatic rings. The van der Waals surface area contributed by atoms with Gasteiger partial charge in [-0.1, -0.05) is 13.8 Å². The highest BCUT2D eigenvalue weighted by Crippen LogP contribution is 2.31. The minimum atomic E-state index is 0.326. The summed E-state index contributed by atoms with van der Waals surface area (Å²) in [6, 6.07) is 6.13. The van der Waals surface area contributed by atoms with Crippen molar-refractivity contribution in [2.75, 3.05) is 13.1 Å². The highest BCUT2D eigenvalue weighted by Gasteiger charge is 2.24. The number of nitrogens with zero attached hydrogens (tertiary/aromatic N) is 7. The lowest BCUT2D eigenvalue weighted by Gasteiger charge is -2.30. The molecule has 164 valence electrons. The Labute approximate surface area is 187 Å². The van der Waals surface area contributed by atoms with Crippen LogP contribution in [0.4, 0.5) is 0 Å². The van der Waals surface area contributed by atoms with Crippen LogP contribution in [-0.4, -0.2) is 53.1 Å². The van der Waals surface area contributed by atoms with Gasteiger partial charge in [-0.15, -0.1) is 0 Å². The van der Waals surface area contributed by atoms with Crippen LogP contribution in [0.2, 0.25) is 0 Å². The first kappa shape index (κ1) is 20.6. The molecule has 0 aliphatic carbocycles. The number of hydrogen-bond acceptors (Lipinski definition) is 7. The SMILES string of the molecule is Cc1nc(CN2CCC(c3cc(-c4cncnc4C(C)C)n[nH]3)CC2)nc2ncccc12. The average Bonchev–Trinajstić information content (AvgIpc) is 3.30. The Morgan fingerprint density at radius 1 is 1.16 bits per heavy atom. The van der Waals surface area contributed by atoms with E-state index in [0.29, 0.717) is 11.8 Å². The number of rotatable bonds is 5. The summed E-state index contributed by atoms with van der Waals surface area (Å²) in [5.74, 6) is 1.65. The number of aromatic amines is 1. The number of pyridine rings is 1. The molecule has 0 saturated carbocycles. The van der Waals surface area contributed by atoms with Crippen LogP contribution in [0, 0.1) is 6.92 Å². The smallest absolute Gasteiger partial charge is 0.163 e. The average molecular weight is 429 g/mol. The summed E-state index contributed by atoms with van der Waals surface area (Å²) in [6.45, 7) is 9.09. The lowest BCUT2D eigenvalue weighted by Crippen LogP contribution is -2.33. The number of aryl methyl sites for hydroxylation is 1. The van der Waals surface area contributed by atoms with Crippen LogP contribution in [0.25, 0.3) is 22.3 Å². The zero-order chi connectivity index (χ0) is 22.1. The standard InChI is InChI=1S/C24H28N8/c1-15(2)23-19(12-25-14-27-23)21-11-20(30-31-21)17-6-9-32(10-7-17)13-22-28-16(3)18-5-4-8-26-24(18)29-22/h4-5,8,11-12,14-15,17H,6-7,9-10,13H2,1-3H3,(H,30,31). The van der Waals surface area contributed by atoms with Gasteiger partial charge in [0.15, 0.2) is 5.65 Å². The van der Waals surface area contributed by atoms with Crippen molar-refractivity contribution in [2.24, 2.45) is 0 Å². The van der Waals surface area contributed by atoms with Crippen LogP contribution in [0.3, 0.4) is 0 Å². The Bertz CT molecular complexity index is 1220. The van der Waals surface area contributed by atoms with E-state index in [0.717, 1.165) is 72.0 Å². The van der Waals surface area contributed by atoms with E-state index in [4.69, 9.17) is 4.98 Å². The molecule has 4 aromatic rings. The molecule has 0 amide bonds. The predicted octanol–water partition coefficient (Wildman–Crippen LogP) is 4.02. The molecular formula is C24H28N8. The number of piperidine rings is 1. The van der Waals surface area contributed by atoms with Gasteiger partial charge in [-0.05, 0) is 57.0 Å². The normalized spacial score (nSPS) is 15.6. The second-order valence-electron chi connectivity index (χ2n) is 8.84. The third-order valence-electron chi connectivity index (χ3n) is 6.26. The molecule has 0 bridgehead atoms. The zero-order valence-electron chi connectivity index (χ0n) is 18.8. The molecule has 0 spiro atoms. The maximum Gasteiger partial charge on any atom is 0.163 e. The molecule has 8 nitrogen and oxygen atoms in total. The van der Waals surface area contributed by atoms with Crippen molar-refractivity contribution < 1.29 is 0 Å². The Hall–Kier alpha value is -3.26. The Balaban J connectivity index is 1.25. The first-order chi connectivity index (χ1) is 15.6. The van der Waals surface area contributed by atoms with E-state index in [-0.39, 0.29) is 0 Å². The van der Waals surface area contributed by atoms with Gasteiger partial charge in [-0.2, -0.15) is 5.10 Å². The molecule has 1 fully saturated rings. The third kappa shape index (κ3) is 4.10. The Morgan fingerprint density at radius 3 is 2.81 bits per heavy atom. The van der Waals surface area contributed by atoms with Gasteiger partial charge in [0.25, 0.3) is 0 Å². The van der Waals surface area contributed by atoms with Gasteiger partial charge >= 0.3 is 0 Å². The second kappa shape index (κ2) is 8.70. The molecule has 1 aliphatic heterocycles. The van der Waals surface area contributed by atoms with E-state index in [1.807, 2.05) is 25.3 Å². The fourth-order valence-corrected chi connectivity index (χ4v) is 4.52. The Morgan fingerprint density at radius 2 is 2.00 bits per heavy atom. The molecule has 1 N–H and O–H groups in total. The summed E-state index contributed by atoms with van der Waals surface area (Å²) in [6.07, 6.45) is 7.42. The van der Waals surface area contributed by atoms with E-state index < -0.39 is 0 Å². The number of H-pyrrole nitrogens is 1. The van der Waals surface area contributed by atoms with Crippen LogP contribution in [0.5, 0.6) is 0 Å². The summed E-state index contributed by atoms with van der Waals surface area (Å²) < 4.78 is 0. The summed E-state index contributed by atoms with van der Waals surface area (Å²) in [5.41, 5.74) is 5.94. The van der Waals surface area contributed by atoms with Crippen molar-refractivity contribution in [2.45, 2.75) is 52.0 Å². The molecule has 5 rings (SSSR count). The minimum Gasteiger partial charge on any atom is -0.296 e. The van der Waals surface area contributed by atoms with Crippen LogP contribution in [-0.2, 0) is 6.54 Å². The Kier molecular flexibility index (Phi) is 5.61. The lowest BCUT2D eigenvalue weighted by molar-refractivity contribution is 0.199. The van der Waals surface area contributed by atoms with Crippen molar-refractivity contribution in [3.63, 3.8) is 0 Å². The van der Waals surface area contributed by atoms with Crippen LogP contribution < -0.4 is 0 Å². The molecule has 0 atom stereocenters. The first-order valence-corrected chi connectivity index (χ1v) is 11.2. The van der Waals surface area contributed by atoms with Gasteiger partial charge in [0.2, 0.25) is 0 Å². The molecular weight excluding hydrogens is 400 g/mol. The summed E-state index contributed by atoms with van der Waals surface area (Å²) in [4.78, 5) is 24.9. The van der Waals surface area contributed by atoms with Gasteiger partial charge in [0.1, 0.15) is 12.2 Å². The highest BCUT2D eigenvalue weighted by atomic mass is 15.2. The van der Waals surface area contributed by atoms with E-state index >= 15 is 0 Å². The molecule has 1 saturated heterocycles. The van der Waals surface area contributed by atoms with Crippen molar-refractivity contribution in [3.05, 3.63) is 59.8 Å². The quantitative estimate of drug-likeness (QED) is 0.513. The fourth-order valence-electron chi connectivity index (χ4n) is 4.52. The van der Waals surface area contributed by atoms with E-state index in [9.17, 15) is 0 Å². The maximum atomic E-state index is 4.71. The lowest BCUT2D eigenvalue weighted by atomic mass is 9.93. The van der Waals surface area contributed by atoms with E-state index in [1.54, 1.807) is 12.5 Å². The number of nitrogens with one attached hydrogen (secondary N) is 1. The van der Waals surface area contributed by atoms with Crippen LogP contribution >= 0.6 is 0 Å². The highest BCUT2D eigenvalue weighted by molar-refractivity contribution is 5.76. The molecule has 0 unspecified atom stereocenters. The fraction of sp³-hybridized carbons (Fsp3) is 0.417.